The number of carboxylic acid groups (broad SMARTS) is 1. The smallest absolute Gasteiger partial charge is 0.331 e. The molecule has 0 saturated heterocycles. The number of aliphatic carboxylic acids is 1. The van der Waals surface area contributed by atoms with Crippen molar-refractivity contribution in [3.63, 3.8) is 0 Å². The molecular weight excluding hydrogens is 264 g/mol. The van der Waals surface area contributed by atoms with E-state index in [-0.39, 0.29) is 0 Å². The first-order valence-electron chi connectivity index (χ1n) is 6.21. The summed E-state index contributed by atoms with van der Waals surface area (Å²) in [5.74, 6) is -3.22. The zero-order chi connectivity index (χ0) is 15.1. The van der Waals surface area contributed by atoms with Crippen molar-refractivity contribution in [2.24, 2.45) is 11.5 Å². The molecule has 5 N–H and O–H groups in total. The summed E-state index contributed by atoms with van der Waals surface area (Å²) in [6.45, 7) is 0. The van der Waals surface area contributed by atoms with Gasteiger partial charge >= 0.3 is 17.9 Å². The molecule has 1 aliphatic carbocycles. The van der Waals surface area contributed by atoms with Gasteiger partial charge in [-0.1, -0.05) is 23.8 Å². The number of hydrogen-bond acceptors (Lipinski definition) is 6. The van der Waals surface area contributed by atoms with E-state index in [0.717, 1.165) is 12.0 Å². The van der Waals surface area contributed by atoms with Crippen LogP contribution in [0.15, 0.2) is 23.8 Å². The summed E-state index contributed by atoms with van der Waals surface area (Å²) in [5.41, 5.74) is 11.9. The second-order valence-corrected chi connectivity index (χ2v) is 4.53. The molecule has 0 saturated carbocycles. The van der Waals surface area contributed by atoms with Gasteiger partial charge in [0.15, 0.2) is 0 Å². The van der Waals surface area contributed by atoms with Crippen molar-refractivity contribution >= 4 is 17.9 Å². The molecule has 20 heavy (non-hydrogen) atoms. The number of carbonyl (C=O) groups excluding carboxylic acids is 2. The molecule has 0 bridgehead atoms. The quantitative estimate of drug-likeness (QED) is 0.350. The predicted molar refractivity (Wildman–Crippen MR) is 70.4 cm³/mol. The van der Waals surface area contributed by atoms with E-state index in [4.69, 9.17) is 16.6 Å². The summed E-state index contributed by atoms with van der Waals surface area (Å²) in [5, 5.41) is 8.48. The van der Waals surface area contributed by atoms with Gasteiger partial charge < -0.3 is 21.3 Å². The molecule has 1 rings (SSSR count). The Morgan fingerprint density at radius 2 is 1.85 bits per heavy atom. The normalized spacial score (nSPS) is 17.0. The molecule has 0 radical (unpaired) electrons. The highest BCUT2D eigenvalue weighted by Gasteiger charge is 2.25. The lowest BCUT2D eigenvalue weighted by molar-refractivity contribution is -0.163. The van der Waals surface area contributed by atoms with Crippen LogP contribution >= 0.6 is 0 Å². The van der Waals surface area contributed by atoms with Gasteiger partial charge in [-0.15, -0.1) is 0 Å². The van der Waals surface area contributed by atoms with E-state index in [1.54, 1.807) is 0 Å². The first-order chi connectivity index (χ1) is 9.40. The van der Waals surface area contributed by atoms with Gasteiger partial charge in [-0.3, -0.25) is 4.79 Å². The first-order valence-corrected chi connectivity index (χ1v) is 6.21. The molecule has 0 aromatic rings. The monoisotopic (exact) mass is 282 g/mol. The number of nitrogens with two attached hydrogens (primary N) is 2. The van der Waals surface area contributed by atoms with Crippen molar-refractivity contribution in [2.75, 3.05) is 0 Å². The molecule has 0 aromatic heterocycles. The number of allylic oxidation sites excluding steroid dienone is 3. The Hall–Kier alpha value is -1.99. The summed E-state index contributed by atoms with van der Waals surface area (Å²) >= 11 is 0. The summed E-state index contributed by atoms with van der Waals surface area (Å²) in [6.07, 6.45) is 7.14. The maximum absolute atomic E-state index is 11.6. The Labute approximate surface area is 116 Å². The van der Waals surface area contributed by atoms with E-state index >= 15 is 0 Å². The number of carbonyl (C=O) groups is 3. The predicted octanol–water partition coefficient (Wildman–Crippen LogP) is -0.148. The minimum absolute atomic E-state index is 0.296. The molecule has 7 nitrogen and oxygen atoms in total. The van der Waals surface area contributed by atoms with Crippen LogP contribution in [0.4, 0.5) is 0 Å². The SMILES string of the molecule is N[C@@H](CC(=O)O)C(=O)OC(=O)[C@@H](N)CC1=CCC=CC1. The van der Waals surface area contributed by atoms with Gasteiger partial charge in [0.1, 0.15) is 12.1 Å². The number of hydrogen-bond donors (Lipinski definition) is 3. The Balaban J connectivity index is 2.43. The minimum atomic E-state index is -1.37. The molecular formula is C13H18N2O5. The lowest BCUT2D eigenvalue weighted by atomic mass is 9.99. The molecule has 110 valence electrons. The number of carboxylic acids is 1. The van der Waals surface area contributed by atoms with Crippen LogP contribution in [0.5, 0.6) is 0 Å². The lowest BCUT2D eigenvalue weighted by Crippen LogP contribution is -2.40. The topological polar surface area (TPSA) is 133 Å². The van der Waals surface area contributed by atoms with Crippen LogP contribution in [-0.2, 0) is 19.1 Å². The molecule has 2 atom stereocenters. The molecule has 0 heterocycles. The molecule has 1 aliphatic rings. The van der Waals surface area contributed by atoms with E-state index in [1.165, 1.54) is 0 Å². The molecule has 0 unspecified atom stereocenters. The van der Waals surface area contributed by atoms with Gasteiger partial charge in [-0.25, -0.2) is 9.59 Å². The zero-order valence-corrected chi connectivity index (χ0v) is 11.0. The van der Waals surface area contributed by atoms with Crippen LogP contribution in [0.2, 0.25) is 0 Å². The summed E-state index contributed by atoms with van der Waals surface area (Å²) in [7, 11) is 0. The van der Waals surface area contributed by atoms with Crippen molar-refractivity contribution in [3.8, 4) is 0 Å². The summed E-state index contributed by atoms with van der Waals surface area (Å²) in [6, 6.07) is -2.34. The van der Waals surface area contributed by atoms with Crippen molar-refractivity contribution in [2.45, 2.75) is 37.8 Å². The van der Waals surface area contributed by atoms with Crippen molar-refractivity contribution in [1.82, 2.24) is 0 Å². The fraction of sp³-hybridized carbons (Fsp3) is 0.462. The van der Waals surface area contributed by atoms with Gasteiger partial charge in [0, 0.05) is 0 Å². The minimum Gasteiger partial charge on any atom is -0.481 e. The maximum Gasteiger partial charge on any atom is 0.331 e. The van der Waals surface area contributed by atoms with Crippen LogP contribution in [0, 0.1) is 0 Å². The average molecular weight is 282 g/mol. The zero-order valence-electron chi connectivity index (χ0n) is 11.0. The Kier molecular flexibility index (Phi) is 6.08. The number of ether oxygens (including phenoxy) is 1. The number of esters is 2. The largest absolute Gasteiger partial charge is 0.481 e. The number of rotatable bonds is 6. The maximum atomic E-state index is 11.6. The van der Waals surface area contributed by atoms with Gasteiger partial charge in [0.05, 0.1) is 6.42 Å². The van der Waals surface area contributed by atoms with E-state index < -0.39 is 36.4 Å². The third-order valence-corrected chi connectivity index (χ3v) is 2.77. The highest BCUT2D eigenvalue weighted by atomic mass is 16.6. The third-order valence-electron chi connectivity index (χ3n) is 2.77. The van der Waals surface area contributed by atoms with E-state index in [0.29, 0.717) is 12.8 Å². The molecule has 0 fully saturated rings. The Bertz CT molecular complexity index is 456. The van der Waals surface area contributed by atoms with E-state index in [2.05, 4.69) is 4.74 Å². The van der Waals surface area contributed by atoms with E-state index in [1.807, 2.05) is 18.2 Å². The highest BCUT2D eigenvalue weighted by Crippen LogP contribution is 2.16. The van der Waals surface area contributed by atoms with Crippen molar-refractivity contribution in [1.29, 1.82) is 0 Å². The van der Waals surface area contributed by atoms with Gasteiger partial charge in [-0.05, 0) is 19.3 Å². The van der Waals surface area contributed by atoms with E-state index in [9.17, 15) is 14.4 Å². The first kappa shape index (κ1) is 16.1. The second-order valence-electron chi connectivity index (χ2n) is 4.53. The van der Waals surface area contributed by atoms with Gasteiger partial charge in [-0.2, -0.15) is 0 Å². The van der Waals surface area contributed by atoms with Crippen LogP contribution < -0.4 is 11.5 Å². The average Bonchev–Trinajstić information content (AvgIpc) is 2.38. The van der Waals surface area contributed by atoms with Gasteiger partial charge in [0.2, 0.25) is 0 Å². The summed E-state index contributed by atoms with van der Waals surface area (Å²) in [4.78, 5) is 33.4. The fourth-order valence-corrected chi connectivity index (χ4v) is 1.70. The van der Waals surface area contributed by atoms with Crippen LogP contribution in [-0.4, -0.2) is 35.1 Å². The molecule has 0 aromatic carbocycles. The van der Waals surface area contributed by atoms with Gasteiger partial charge in [0.25, 0.3) is 0 Å². The van der Waals surface area contributed by atoms with Crippen LogP contribution in [0.25, 0.3) is 0 Å². The molecule has 7 heteroatoms. The molecule has 0 spiro atoms. The van der Waals surface area contributed by atoms with Crippen molar-refractivity contribution < 1.29 is 24.2 Å². The summed E-state index contributed by atoms with van der Waals surface area (Å²) < 4.78 is 4.48. The van der Waals surface area contributed by atoms with Crippen LogP contribution in [0.1, 0.15) is 25.7 Å². The standard InChI is InChI=1S/C13H18N2O5/c14-9(6-8-4-2-1-3-5-8)12(18)20-13(19)10(15)7-11(16)17/h1-2,5,9-10H,3-4,6-7,14-15H2,(H,16,17)/t9-,10-/m0/s1. The Morgan fingerprint density at radius 1 is 1.20 bits per heavy atom. The van der Waals surface area contributed by atoms with Crippen LogP contribution in [0.3, 0.4) is 0 Å². The second kappa shape index (κ2) is 7.56. The van der Waals surface area contributed by atoms with Crippen molar-refractivity contribution in [3.05, 3.63) is 23.8 Å². The Morgan fingerprint density at radius 3 is 2.40 bits per heavy atom. The lowest BCUT2D eigenvalue weighted by Gasteiger charge is -2.15. The highest BCUT2D eigenvalue weighted by molar-refractivity contribution is 5.92. The molecule has 0 amide bonds. The fourth-order valence-electron chi connectivity index (χ4n) is 1.70. The third kappa shape index (κ3) is 5.33. The molecule has 0 aliphatic heterocycles.